The van der Waals surface area contributed by atoms with Gasteiger partial charge in [-0.3, -0.25) is 4.79 Å². The highest BCUT2D eigenvalue weighted by Crippen LogP contribution is 2.21. The van der Waals surface area contributed by atoms with Crippen LogP contribution in [0.3, 0.4) is 0 Å². The maximum absolute atomic E-state index is 12.2. The Bertz CT molecular complexity index is 420. The van der Waals surface area contributed by atoms with E-state index in [-0.39, 0.29) is 11.9 Å². The van der Waals surface area contributed by atoms with Crippen LogP contribution in [-0.4, -0.2) is 29.9 Å². The number of likely N-dealkylation sites (tertiary alicyclic amines) is 1. The van der Waals surface area contributed by atoms with Crippen molar-refractivity contribution in [1.29, 1.82) is 0 Å². The number of carbonyl (C=O) groups is 1. The molecule has 1 saturated heterocycles. The molecule has 2 rings (SSSR count). The van der Waals surface area contributed by atoms with Gasteiger partial charge in [0.15, 0.2) is 0 Å². The molecule has 1 aromatic rings. The minimum absolute atomic E-state index is 0.106. The van der Waals surface area contributed by atoms with Crippen molar-refractivity contribution in [2.24, 2.45) is 11.7 Å². The summed E-state index contributed by atoms with van der Waals surface area (Å²) < 4.78 is 0.936. The highest BCUT2D eigenvalue weighted by molar-refractivity contribution is 9.10. The lowest BCUT2D eigenvalue weighted by molar-refractivity contribution is 0.0786. The number of nitrogens with zero attached hydrogens (tertiary/aromatic N) is 1. The molecule has 17 heavy (non-hydrogen) atoms. The lowest BCUT2D eigenvalue weighted by atomic mass is 10.0. The molecule has 1 amide bonds. The molecule has 4 heteroatoms. The Morgan fingerprint density at radius 1 is 1.59 bits per heavy atom. The molecule has 1 fully saturated rings. The molecule has 0 aliphatic carbocycles. The van der Waals surface area contributed by atoms with Gasteiger partial charge in [0, 0.05) is 29.2 Å². The van der Waals surface area contributed by atoms with Crippen molar-refractivity contribution in [2.45, 2.75) is 19.4 Å². The molecule has 0 radical (unpaired) electrons. The van der Waals surface area contributed by atoms with Gasteiger partial charge in [-0.1, -0.05) is 22.0 Å². The number of rotatable bonds is 2. The average molecular weight is 297 g/mol. The lowest BCUT2D eigenvalue weighted by Crippen LogP contribution is -2.32. The molecule has 1 aliphatic heterocycles. The third kappa shape index (κ3) is 2.87. The van der Waals surface area contributed by atoms with Gasteiger partial charge in [-0.2, -0.15) is 0 Å². The van der Waals surface area contributed by atoms with Crippen LogP contribution in [0.25, 0.3) is 0 Å². The van der Waals surface area contributed by atoms with E-state index in [1.54, 1.807) is 0 Å². The van der Waals surface area contributed by atoms with Crippen molar-refractivity contribution in [3.63, 3.8) is 0 Å². The maximum atomic E-state index is 12.2. The van der Waals surface area contributed by atoms with Crippen LogP contribution >= 0.6 is 15.9 Å². The smallest absolute Gasteiger partial charge is 0.253 e. The first-order valence-corrected chi connectivity index (χ1v) is 6.67. The monoisotopic (exact) mass is 296 g/mol. The summed E-state index contributed by atoms with van der Waals surface area (Å²) in [6.07, 6.45) is 1.01. The number of benzene rings is 1. The average Bonchev–Trinajstić information content (AvgIpc) is 2.77. The van der Waals surface area contributed by atoms with Crippen LogP contribution < -0.4 is 5.73 Å². The second-order valence-corrected chi connectivity index (χ2v) is 5.59. The van der Waals surface area contributed by atoms with Crippen molar-refractivity contribution in [3.8, 4) is 0 Å². The largest absolute Gasteiger partial charge is 0.338 e. The predicted molar refractivity (Wildman–Crippen MR) is 71.8 cm³/mol. The fraction of sp³-hybridized carbons (Fsp3) is 0.462. The summed E-state index contributed by atoms with van der Waals surface area (Å²) >= 11 is 3.38. The molecule has 1 aliphatic rings. The van der Waals surface area contributed by atoms with Crippen LogP contribution in [-0.2, 0) is 0 Å². The van der Waals surface area contributed by atoms with Crippen LogP contribution in [0.15, 0.2) is 28.7 Å². The van der Waals surface area contributed by atoms with Gasteiger partial charge in [0.25, 0.3) is 5.91 Å². The number of hydrogen-bond donors (Lipinski definition) is 1. The molecule has 1 heterocycles. The van der Waals surface area contributed by atoms with Crippen molar-refractivity contribution in [3.05, 3.63) is 34.3 Å². The lowest BCUT2D eigenvalue weighted by Gasteiger charge is -2.18. The zero-order chi connectivity index (χ0) is 12.4. The zero-order valence-corrected chi connectivity index (χ0v) is 11.5. The Kier molecular flexibility index (Phi) is 3.84. The Labute approximate surface area is 110 Å². The van der Waals surface area contributed by atoms with Gasteiger partial charge in [-0.25, -0.2) is 0 Å². The van der Waals surface area contributed by atoms with E-state index in [2.05, 4.69) is 15.9 Å². The van der Waals surface area contributed by atoms with Crippen LogP contribution in [0.1, 0.15) is 23.7 Å². The van der Waals surface area contributed by atoms with Gasteiger partial charge < -0.3 is 10.6 Å². The highest BCUT2D eigenvalue weighted by atomic mass is 79.9. The summed E-state index contributed by atoms with van der Waals surface area (Å²) in [6.45, 7) is 3.61. The molecule has 0 aromatic heterocycles. The molecule has 92 valence electrons. The van der Waals surface area contributed by atoms with Gasteiger partial charge in [0.2, 0.25) is 0 Å². The molecule has 2 atom stereocenters. The first kappa shape index (κ1) is 12.6. The summed E-state index contributed by atoms with van der Waals surface area (Å²) in [5, 5.41) is 0. The molecule has 0 saturated carbocycles. The van der Waals surface area contributed by atoms with E-state index < -0.39 is 0 Å². The fourth-order valence-electron chi connectivity index (χ4n) is 2.21. The zero-order valence-electron chi connectivity index (χ0n) is 9.90. The second kappa shape index (κ2) is 5.19. The molecule has 3 nitrogen and oxygen atoms in total. The Morgan fingerprint density at radius 3 is 2.94 bits per heavy atom. The number of halogens is 1. The minimum Gasteiger partial charge on any atom is -0.338 e. The maximum Gasteiger partial charge on any atom is 0.253 e. The van der Waals surface area contributed by atoms with E-state index in [4.69, 9.17) is 5.73 Å². The summed E-state index contributed by atoms with van der Waals surface area (Å²) in [7, 11) is 0. The van der Waals surface area contributed by atoms with Crippen LogP contribution in [0.5, 0.6) is 0 Å². The molecule has 0 bridgehead atoms. The number of nitrogens with two attached hydrogens (primary N) is 1. The Hall–Kier alpha value is -0.870. The third-order valence-electron chi connectivity index (χ3n) is 3.33. The SMILES string of the molecule is CC(N)C1CCN(C(=O)c2cccc(Br)c2)C1. The Balaban J connectivity index is 2.07. The molecule has 2 N–H and O–H groups in total. The normalized spacial score (nSPS) is 21.6. The number of carbonyl (C=O) groups excluding carboxylic acids is 1. The van der Waals surface area contributed by atoms with E-state index >= 15 is 0 Å². The minimum atomic E-state index is 0.106. The Morgan fingerprint density at radius 2 is 2.35 bits per heavy atom. The van der Waals surface area contributed by atoms with E-state index in [0.717, 1.165) is 29.5 Å². The number of amides is 1. The van der Waals surface area contributed by atoms with Gasteiger partial charge in [0.05, 0.1) is 0 Å². The van der Waals surface area contributed by atoms with E-state index in [9.17, 15) is 4.79 Å². The van der Waals surface area contributed by atoms with Gasteiger partial charge in [0.1, 0.15) is 0 Å². The standard InChI is InChI=1S/C13H17BrN2O/c1-9(15)11-5-6-16(8-11)13(17)10-3-2-4-12(14)7-10/h2-4,7,9,11H,5-6,8,15H2,1H3. The van der Waals surface area contributed by atoms with Crippen molar-refractivity contribution < 1.29 is 4.79 Å². The quantitative estimate of drug-likeness (QED) is 0.910. The summed E-state index contributed by atoms with van der Waals surface area (Å²) in [4.78, 5) is 14.1. The van der Waals surface area contributed by atoms with Crippen LogP contribution in [0.4, 0.5) is 0 Å². The molecular weight excluding hydrogens is 280 g/mol. The first-order valence-electron chi connectivity index (χ1n) is 5.88. The van der Waals surface area contributed by atoms with Gasteiger partial charge in [-0.15, -0.1) is 0 Å². The van der Waals surface area contributed by atoms with Crippen molar-refractivity contribution in [2.75, 3.05) is 13.1 Å². The van der Waals surface area contributed by atoms with Gasteiger partial charge in [-0.05, 0) is 37.5 Å². The van der Waals surface area contributed by atoms with Crippen LogP contribution in [0, 0.1) is 5.92 Å². The van der Waals surface area contributed by atoms with Gasteiger partial charge >= 0.3 is 0 Å². The number of hydrogen-bond acceptors (Lipinski definition) is 2. The molecule has 0 spiro atoms. The van der Waals surface area contributed by atoms with E-state index in [0.29, 0.717) is 5.92 Å². The highest BCUT2D eigenvalue weighted by Gasteiger charge is 2.28. The van der Waals surface area contributed by atoms with E-state index in [1.165, 1.54) is 0 Å². The summed E-state index contributed by atoms with van der Waals surface area (Å²) in [5.41, 5.74) is 6.62. The first-order chi connectivity index (χ1) is 8.08. The van der Waals surface area contributed by atoms with E-state index in [1.807, 2.05) is 36.1 Å². The van der Waals surface area contributed by atoms with Crippen molar-refractivity contribution >= 4 is 21.8 Å². The molecular formula is C13H17BrN2O. The summed E-state index contributed by atoms with van der Waals surface area (Å²) in [6, 6.07) is 7.69. The summed E-state index contributed by atoms with van der Waals surface area (Å²) in [5.74, 6) is 0.542. The van der Waals surface area contributed by atoms with Crippen molar-refractivity contribution in [1.82, 2.24) is 4.90 Å². The third-order valence-corrected chi connectivity index (χ3v) is 3.82. The predicted octanol–water partition coefficient (Wildman–Crippen LogP) is 2.26. The topological polar surface area (TPSA) is 46.3 Å². The molecule has 1 aromatic carbocycles. The molecule has 2 unspecified atom stereocenters. The fourth-order valence-corrected chi connectivity index (χ4v) is 2.60. The second-order valence-electron chi connectivity index (χ2n) is 4.67. The van der Waals surface area contributed by atoms with Crippen LogP contribution in [0.2, 0.25) is 0 Å².